The van der Waals surface area contributed by atoms with E-state index in [2.05, 4.69) is 71.4 Å². The average molecular weight is 1370 g/mol. The van der Waals surface area contributed by atoms with Gasteiger partial charge in [-0.25, -0.2) is 55.5 Å². The first-order valence-electron chi connectivity index (χ1n) is 23.2. The Morgan fingerprint density at radius 3 is 0.989 bits per heavy atom. The van der Waals surface area contributed by atoms with Crippen molar-refractivity contribution in [2.75, 3.05) is 54.2 Å². The smallest absolute Gasteiger partial charge is 0.387 e. The Bertz CT molecular complexity index is 3850. The molecule has 0 aromatic carbocycles. The molecule has 486 valence electrons. The lowest BCUT2D eigenvalue weighted by atomic mass is 9.98. The maximum atomic E-state index is 15.3. The number of hydrogen-bond donors (Lipinski definition) is 18. The molecule has 0 radical (unpaired) electrons. The molecule has 6 aromatic heterocycles. The Kier molecular flexibility index (Phi) is 19.5. The number of nitrogen functional groups attached to an aromatic ring is 6. The van der Waals surface area contributed by atoms with Crippen molar-refractivity contribution in [3.8, 4) is 0 Å². The van der Waals surface area contributed by atoms with E-state index in [0.717, 1.165) is 42.6 Å². The van der Waals surface area contributed by atoms with Gasteiger partial charge in [0.25, 0.3) is 0 Å². The minimum absolute atomic E-state index is 0.00954. The van der Waals surface area contributed by atoms with Gasteiger partial charge < -0.3 is 108 Å². The third-order valence-electron chi connectivity index (χ3n) is 12.1. The molecule has 0 spiro atoms. The molecule has 3 fully saturated rings. The minimum Gasteiger partial charge on any atom is -0.387 e. The Labute approximate surface area is 480 Å². The summed E-state index contributed by atoms with van der Waals surface area (Å²) < 4.78 is 156. The standard InChI is InChI=1S/C11H18FN6O12P3.C11H17FN6O9P2.C11H16FN6O6P/c1-11(12)6(19)4(2-27-32(23,24)30-33(25,26)29-31(20,21)22)28-9(11)18-3-15-5-7(13)16-10(14)17-8(5)18;1-11(12)6(19)4(2-25-29(23,24)27-28(20,21)22)26-9(11)18-3-15-5-7(13)16-10(14)17-8(5)18;1-11(12)6(19)4(2-23-25(20,21)22)24-9(11)18-3-15-5-7(13)16-10(14)17-8(5)18/h3-4,6,9,19H,2H2,1H3,(H,23,24)(H,25,26)(H2,20,21,22)(H4,13,14,16,17);3-4,6,9,19H,2H2,1H3,(H,23,24)(H2,20,21,22)(H4,13,14,16,17);3-4,6,9,19H,2H2,1H3,(H2,20,21,22)(H4,13,14,16,17)/t3*4-,6?,9-,11-/m111/s1. The molecule has 24 N–H and O–H groups in total. The maximum absolute atomic E-state index is 15.3. The van der Waals surface area contributed by atoms with Crippen LogP contribution in [0.4, 0.5) is 48.5 Å². The molecule has 0 bridgehead atoms. The first-order chi connectivity index (χ1) is 39.6. The van der Waals surface area contributed by atoms with E-state index in [9.17, 15) is 52.5 Å². The number of anilines is 6. The lowest BCUT2D eigenvalue weighted by molar-refractivity contribution is -0.0560. The van der Waals surface area contributed by atoms with Gasteiger partial charge in [-0.2, -0.15) is 42.8 Å². The van der Waals surface area contributed by atoms with Gasteiger partial charge in [0.2, 0.25) is 17.8 Å². The summed E-state index contributed by atoms with van der Waals surface area (Å²) in [5.74, 6) is -0.828. The number of ether oxygens (including phenoxy) is 3. The minimum atomic E-state index is -5.76. The molecule has 0 aliphatic carbocycles. The fraction of sp³-hybridized carbons (Fsp3) is 0.545. The van der Waals surface area contributed by atoms with Crippen LogP contribution in [-0.4, -0.2) is 191 Å². The number of halogens is 3. The quantitative estimate of drug-likeness (QED) is 0.0399. The molecule has 9 heterocycles. The maximum Gasteiger partial charge on any atom is 0.490 e. The number of aliphatic hydroxyl groups is 3. The van der Waals surface area contributed by atoms with Gasteiger partial charge in [-0.1, -0.05) is 0 Å². The van der Waals surface area contributed by atoms with Crippen LogP contribution >= 0.6 is 46.9 Å². The van der Waals surface area contributed by atoms with E-state index in [-0.39, 0.29) is 68.8 Å². The second-order valence-corrected chi connectivity index (χ2v) is 27.2. The van der Waals surface area contributed by atoms with Crippen LogP contribution in [0.15, 0.2) is 19.0 Å². The van der Waals surface area contributed by atoms with Crippen molar-refractivity contribution < 1.29 is 141 Å². The van der Waals surface area contributed by atoms with Crippen molar-refractivity contribution in [3.63, 3.8) is 0 Å². The first-order valence-corrected chi connectivity index (χ1v) is 32.3. The van der Waals surface area contributed by atoms with Crippen LogP contribution in [0.25, 0.3) is 33.5 Å². The summed E-state index contributed by atoms with van der Waals surface area (Å²) in [6.45, 7) is 0.274. The van der Waals surface area contributed by atoms with E-state index < -0.39 is 139 Å². The Morgan fingerprint density at radius 1 is 0.448 bits per heavy atom. The number of phosphoric acid groups is 6. The van der Waals surface area contributed by atoms with Crippen molar-refractivity contribution in [3.05, 3.63) is 19.0 Å². The first kappa shape index (κ1) is 69.3. The summed E-state index contributed by atoms with van der Waals surface area (Å²) in [4.78, 5) is 114. The highest BCUT2D eigenvalue weighted by Gasteiger charge is 2.59. The van der Waals surface area contributed by atoms with Gasteiger partial charge in [0, 0.05) is 0 Å². The number of nitrogens with zero attached hydrogens (tertiary/aromatic N) is 12. The second-order valence-electron chi connectivity index (χ2n) is 18.8. The summed E-state index contributed by atoms with van der Waals surface area (Å²) in [7, 11) is -32.2. The number of hydrogen-bond acceptors (Lipinski definition) is 33. The van der Waals surface area contributed by atoms with E-state index in [1.807, 2.05) is 0 Å². The number of nitrogens with two attached hydrogens (primary N) is 6. The SMILES string of the molecule is C[C@@]1(F)C(O)[C@@H](COP(=O)(O)O)O[C@H]1n1cnc2c(N)nc(N)nc21.C[C@@]1(F)C(O)[C@@H](COP(=O)(O)OP(=O)(O)O)O[C@H]1n1cnc2c(N)nc(N)nc21.C[C@@]1(F)C(O)[C@@H](COP(=O)(O)OP(=O)(O)OP(=O)(O)O)O[C@H]1n1cnc2c(N)nc(N)nc21. The zero-order valence-corrected chi connectivity index (χ0v) is 49.1. The van der Waals surface area contributed by atoms with Gasteiger partial charge in [-0.05, 0) is 20.8 Å². The second kappa shape index (κ2) is 24.5. The Balaban J connectivity index is 0.000000188. The third kappa shape index (κ3) is 15.9. The number of aliphatic hydroxyl groups excluding tert-OH is 3. The molecule has 87 heavy (non-hydrogen) atoms. The molecule has 0 saturated carbocycles. The highest BCUT2D eigenvalue weighted by molar-refractivity contribution is 7.66. The van der Waals surface area contributed by atoms with Gasteiger partial charge in [0.15, 0.2) is 70.1 Å². The molecule has 54 heteroatoms. The molecule has 3 saturated heterocycles. The van der Waals surface area contributed by atoms with E-state index >= 15 is 13.2 Å². The van der Waals surface area contributed by atoms with Crippen LogP contribution < -0.4 is 34.4 Å². The highest BCUT2D eigenvalue weighted by Crippen LogP contribution is 2.66. The number of aromatic nitrogens is 12. The summed E-state index contributed by atoms with van der Waals surface area (Å²) in [6.07, 6.45) is -11.3. The number of fused-ring (bicyclic) bond motifs is 3. The van der Waals surface area contributed by atoms with Crippen LogP contribution in [0.3, 0.4) is 0 Å². The van der Waals surface area contributed by atoms with E-state index in [0.29, 0.717) is 0 Å². The monoisotopic (exact) mass is 1370 g/mol. The van der Waals surface area contributed by atoms with Crippen LogP contribution in [0.5, 0.6) is 0 Å². The van der Waals surface area contributed by atoms with E-state index in [1.165, 1.54) is 10.9 Å². The summed E-state index contributed by atoms with van der Waals surface area (Å²) in [5.41, 5.74) is 26.7. The number of phosphoric ester groups is 3. The molecule has 6 unspecified atom stereocenters. The average Bonchev–Trinajstić information content (AvgIpc) is 1.76. The summed E-state index contributed by atoms with van der Waals surface area (Å²) in [5, 5.41) is 30.7. The van der Waals surface area contributed by atoms with Crippen LogP contribution in [-0.2, 0) is 68.1 Å². The van der Waals surface area contributed by atoms with Gasteiger partial charge >= 0.3 is 46.9 Å². The molecule has 3 aliphatic heterocycles. The van der Waals surface area contributed by atoms with Crippen molar-refractivity contribution in [1.82, 2.24) is 58.6 Å². The zero-order valence-electron chi connectivity index (χ0n) is 43.7. The Hall–Kier alpha value is -5.22. The van der Waals surface area contributed by atoms with Crippen molar-refractivity contribution in [2.24, 2.45) is 0 Å². The van der Waals surface area contributed by atoms with Gasteiger partial charge in [-0.3, -0.25) is 27.3 Å². The molecule has 6 aromatic rings. The molecule has 9 rings (SSSR count). The van der Waals surface area contributed by atoms with E-state index in [4.69, 9.17) is 82.9 Å². The Morgan fingerprint density at radius 2 is 0.713 bits per heavy atom. The lowest BCUT2D eigenvalue weighted by Gasteiger charge is -2.24. The van der Waals surface area contributed by atoms with Crippen molar-refractivity contribution in [2.45, 2.75) is 93.1 Å². The van der Waals surface area contributed by atoms with Crippen molar-refractivity contribution >= 4 is 116 Å². The number of alkyl halides is 3. The largest absolute Gasteiger partial charge is 0.490 e. The molecule has 15 atom stereocenters. The van der Waals surface area contributed by atoms with Gasteiger partial charge in [0.1, 0.15) is 53.2 Å². The fourth-order valence-corrected chi connectivity index (χ4v) is 13.4. The van der Waals surface area contributed by atoms with Gasteiger partial charge in [-0.15, -0.1) is 0 Å². The number of imidazole rings is 3. The van der Waals surface area contributed by atoms with E-state index in [1.54, 1.807) is 0 Å². The molecular weight excluding hydrogens is 1320 g/mol. The molecular formula is C33H51F3N18O27P6. The van der Waals surface area contributed by atoms with Crippen molar-refractivity contribution in [1.29, 1.82) is 0 Å². The van der Waals surface area contributed by atoms with Crippen LogP contribution in [0, 0.1) is 0 Å². The topological polar surface area (TPSA) is 715 Å². The predicted molar refractivity (Wildman–Crippen MR) is 277 cm³/mol. The molecule has 45 nitrogen and oxygen atoms in total. The predicted octanol–water partition coefficient (Wildman–Crippen LogP) is -2.39. The lowest BCUT2D eigenvalue weighted by Crippen LogP contribution is -2.40. The summed E-state index contributed by atoms with van der Waals surface area (Å²) in [6, 6.07) is 0. The van der Waals surface area contributed by atoms with Gasteiger partial charge in [0.05, 0.1) is 38.8 Å². The fourth-order valence-electron chi connectivity index (χ4n) is 8.40. The number of rotatable bonds is 18. The molecule has 0 amide bonds. The van der Waals surface area contributed by atoms with Crippen LogP contribution in [0.1, 0.15) is 39.5 Å². The van der Waals surface area contributed by atoms with Crippen LogP contribution in [0.2, 0.25) is 0 Å². The zero-order chi connectivity index (χ0) is 65.3. The third-order valence-corrected chi connectivity index (χ3v) is 18.6. The summed E-state index contributed by atoms with van der Waals surface area (Å²) >= 11 is 0. The highest BCUT2D eigenvalue weighted by atomic mass is 31.3. The normalized spacial score (nSPS) is 29.9. The molecule has 3 aliphatic rings.